The molecule has 1 aliphatic carbocycles. The molecule has 2 aromatic heterocycles. The number of rotatable bonds is 7. The SMILES string of the molecule is CCn1cc(NC(=O)Cn2nccc2C(=O)O)c(C(=O)NC2CCCCC2)n1. The van der Waals surface area contributed by atoms with E-state index in [2.05, 4.69) is 20.8 Å². The van der Waals surface area contributed by atoms with Crippen molar-refractivity contribution in [2.75, 3.05) is 5.32 Å². The normalized spacial score (nSPS) is 14.6. The summed E-state index contributed by atoms with van der Waals surface area (Å²) in [6, 6.07) is 1.44. The number of carbonyl (C=O) groups excluding carboxylic acids is 2. The van der Waals surface area contributed by atoms with Gasteiger partial charge in [-0.1, -0.05) is 19.3 Å². The van der Waals surface area contributed by atoms with E-state index < -0.39 is 11.9 Å². The lowest BCUT2D eigenvalue weighted by atomic mass is 9.95. The summed E-state index contributed by atoms with van der Waals surface area (Å²) in [4.78, 5) is 36.2. The van der Waals surface area contributed by atoms with Crippen LogP contribution in [-0.2, 0) is 17.9 Å². The van der Waals surface area contributed by atoms with Gasteiger partial charge in [-0.05, 0) is 25.8 Å². The van der Waals surface area contributed by atoms with Crippen LogP contribution < -0.4 is 10.6 Å². The quantitative estimate of drug-likeness (QED) is 0.659. The van der Waals surface area contributed by atoms with Gasteiger partial charge in [0, 0.05) is 25.0 Å². The molecule has 1 fully saturated rings. The highest BCUT2D eigenvalue weighted by atomic mass is 16.4. The minimum Gasteiger partial charge on any atom is -0.477 e. The zero-order valence-electron chi connectivity index (χ0n) is 15.7. The zero-order chi connectivity index (χ0) is 20.1. The van der Waals surface area contributed by atoms with Gasteiger partial charge in [0.2, 0.25) is 5.91 Å². The van der Waals surface area contributed by atoms with Gasteiger partial charge in [0.25, 0.3) is 5.91 Å². The van der Waals surface area contributed by atoms with Crippen molar-refractivity contribution >= 4 is 23.5 Å². The molecule has 2 heterocycles. The van der Waals surface area contributed by atoms with Crippen LogP contribution in [0.15, 0.2) is 18.5 Å². The van der Waals surface area contributed by atoms with Crippen molar-refractivity contribution in [2.24, 2.45) is 0 Å². The van der Waals surface area contributed by atoms with Crippen LogP contribution in [0.4, 0.5) is 5.69 Å². The number of nitrogens with zero attached hydrogens (tertiary/aromatic N) is 4. The molecule has 0 atom stereocenters. The summed E-state index contributed by atoms with van der Waals surface area (Å²) < 4.78 is 2.66. The molecule has 0 unspecified atom stereocenters. The van der Waals surface area contributed by atoms with Crippen LogP contribution in [0.25, 0.3) is 0 Å². The number of carboxylic acid groups (broad SMARTS) is 1. The number of aryl methyl sites for hydroxylation is 1. The van der Waals surface area contributed by atoms with E-state index in [0.717, 1.165) is 30.4 Å². The van der Waals surface area contributed by atoms with Crippen molar-refractivity contribution in [2.45, 2.75) is 58.2 Å². The molecular weight excluding hydrogens is 364 g/mol. The fourth-order valence-electron chi connectivity index (χ4n) is 3.31. The van der Waals surface area contributed by atoms with Gasteiger partial charge in [-0.2, -0.15) is 10.2 Å². The average molecular weight is 388 g/mol. The summed E-state index contributed by atoms with van der Waals surface area (Å²) in [6.45, 7) is 2.14. The molecule has 0 aliphatic heterocycles. The summed E-state index contributed by atoms with van der Waals surface area (Å²) in [5, 5.41) is 22.9. The Morgan fingerprint density at radius 2 is 2.00 bits per heavy atom. The minimum absolute atomic E-state index is 0.0883. The first-order chi connectivity index (χ1) is 13.5. The third kappa shape index (κ3) is 4.56. The Bertz CT molecular complexity index is 865. The second-order valence-electron chi connectivity index (χ2n) is 6.78. The predicted molar refractivity (Wildman–Crippen MR) is 100 cm³/mol. The van der Waals surface area contributed by atoms with E-state index >= 15 is 0 Å². The molecule has 1 saturated carbocycles. The Hall–Kier alpha value is -3.17. The monoisotopic (exact) mass is 388 g/mol. The number of amides is 2. The molecular formula is C18H24N6O4. The van der Waals surface area contributed by atoms with E-state index in [-0.39, 0.29) is 29.9 Å². The molecule has 10 heteroatoms. The van der Waals surface area contributed by atoms with Crippen LogP contribution in [0.3, 0.4) is 0 Å². The fraction of sp³-hybridized carbons (Fsp3) is 0.500. The highest BCUT2D eigenvalue weighted by Crippen LogP contribution is 2.19. The summed E-state index contributed by atoms with van der Waals surface area (Å²) in [7, 11) is 0. The maximum absolute atomic E-state index is 12.7. The van der Waals surface area contributed by atoms with Gasteiger partial charge < -0.3 is 15.7 Å². The lowest BCUT2D eigenvalue weighted by molar-refractivity contribution is -0.116. The summed E-state index contributed by atoms with van der Waals surface area (Å²) in [5.74, 6) is -1.98. The Labute approximate surface area is 161 Å². The van der Waals surface area contributed by atoms with Crippen LogP contribution >= 0.6 is 0 Å². The number of anilines is 1. The molecule has 150 valence electrons. The summed E-state index contributed by atoms with van der Waals surface area (Å²) in [6.07, 6.45) is 8.16. The first kappa shape index (κ1) is 19.6. The molecule has 2 amide bonds. The van der Waals surface area contributed by atoms with Crippen molar-refractivity contribution in [3.63, 3.8) is 0 Å². The zero-order valence-corrected chi connectivity index (χ0v) is 15.7. The Morgan fingerprint density at radius 1 is 1.25 bits per heavy atom. The number of hydrogen-bond acceptors (Lipinski definition) is 5. The number of carboxylic acids is 1. The summed E-state index contributed by atoms with van der Waals surface area (Å²) >= 11 is 0. The van der Waals surface area contributed by atoms with Crippen molar-refractivity contribution in [1.82, 2.24) is 24.9 Å². The average Bonchev–Trinajstić information content (AvgIpc) is 3.29. The number of nitrogens with one attached hydrogen (secondary N) is 2. The fourth-order valence-corrected chi connectivity index (χ4v) is 3.31. The van der Waals surface area contributed by atoms with E-state index in [4.69, 9.17) is 5.11 Å². The number of aromatic nitrogens is 4. The van der Waals surface area contributed by atoms with Gasteiger partial charge >= 0.3 is 5.97 Å². The van der Waals surface area contributed by atoms with Gasteiger partial charge in [0.05, 0.1) is 5.69 Å². The van der Waals surface area contributed by atoms with Gasteiger partial charge in [-0.3, -0.25) is 14.3 Å². The maximum Gasteiger partial charge on any atom is 0.354 e. The largest absolute Gasteiger partial charge is 0.477 e. The minimum atomic E-state index is -1.17. The second-order valence-corrected chi connectivity index (χ2v) is 6.78. The molecule has 0 aromatic carbocycles. The van der Waals surface area contributed by atoms with E-state index in [1.54, 1.807) is 10.9 Å². The van der Waals surface area contributed by atoms with E-state index in [0.29, 0.717) is 12.2 Å². The Balaban J connectivity index is 1.71. The van der Waals surface area contributed by atoms with Gasteiger partial charge in [0.1, 0.15) is 12.2 Å². The third-order valence-corrected chi connectivity index (χ3v) is 4.74. The van der Waals surface area contributed by atoms with Crippen molar-refractivity contribution < 1.29 is 19.5 Å². The van der Waals surface area contributed by atoms with Crippen LogP contribution in [-0.4, -0.2) is 48.5 Å². The number of hydrogen-bond donors (Lipinski definition) is 3. The number of aromatic carboxylic acids is 1. The molecule has 0 bridgehead atoms. The molecule has 1 aliphatic rings. The van der Waals surface area contributed by atoms with E-state index in [9.17, 15) is 14.4 Å². The molecule has 0 spiro atoms. The smallest absolute Gasteiger partial charge is 0.354 e. The lowest BCUT2D eigenvalue weighted by Crippen LogP contribution is -2.37. The molecule has 3 N–H and O–H groups in total. The molecule has 0 saturated heterocycles. The molecule has 3 rings (SSSR count). The van der Waals surface area contributed by atoms with Gasteiger partial charge in [0.15, 0.2) is 5.69 Å². The topological polar surface area (TPSA) is 131 Å². The molecule has 28 heavy (non-hydrogen) atoms. The van der Waals surface area contributed by atoms with Crippen molar-refractivity contribution in [1.29, 1.82) is 0 Å². The maximum atomic E-state index is 12.7. The molecule has 0 radical (unpaired) electrons. The number of carbonyl (C=O) groups is 3. The highest BCUT2D eigenvalue weighted by molar-refractivity contribution is 6.02. The van der Waals surface area contributed by atoms with Crippen LogP contribution in [0.1, 0.15) is 60.0 Å². The summed E-state index contributed by atoms with van der Waals surface area (Å²) in [5.41, 5.74) is 0.360. The second kappa shape index (κ2) is 8.68. The van der Waals surface area contributed by atoms with E-state index in [1.807, 2.05) is 6.92 Å². The third-order valence-electron chi connectivity index (χ3n) is 4.74. The van der Waals surface area contributed by atoms with E-state index in [1.165, 1.54) is 18.7 Å². The standard InChI is InChI=1S/C18H24N6O4/c1-2-23-10-13(16(22-23)17(26)20-12-6-4-3-5-7-12)21-15(25)11-24-14(18(27)28)8-9-19-24/h8-10,12H,2-7,11H2,1H3,(H,20,26)(H,21,25)(H,27,28). The molecule has 10 nitrogen and oxygen atoms in total. The van der Waals surface area contributed by atoms with Crippen molar-refractivity contribution in [3.05, 3.63) is 29.8 Å². The lowest BCUT2D eigenvalue weighted by Gasteiger charge is -2.22. The van der Waals surface area contributed by atoms with Crippen LogP contribution in [0.2, 0.25) is 0 Å². The first-order valence-corrected chi connectivity index (χ1v) is 9.41. The first-order valence-electron chi connectivity index (χ1n) is 9.41. The Kier molecular flexibility index (Phi) is 6.07. The Morgan fingerprint density at radius 3 is 2.68 bits per heavy atom. The van der Waals surface area contributed by atoms with Crippen LogP contribution in [0, 0.1) is 0 Å². The highest BCUT2D eigenvalue weighted by Gasteiger charge is 2.23. The van der Waals surface area contributed by atoms with Gasteiger partial charge in [-0.15, -0.1) is 0 Å². The van der Waals surface area contributed by atoms with Gasteiger partial charge in [-0.25, -0.2) is 9.48 Å². The van der Waals surface area contributed by atoms with Crippen LogP contribution in [0.5, 0.6) is 0 Å². The molecule has 2 aromatic rings. The van der Waals surface area contributed by atoms with Crippen molar-refractivity contribution in [3.8, 4) is 0 Å². The predicted octanol–water partition coefficient (Wildman–Crippen LogP) is 1.50.